The smallest absolute Gasteiger partial charge is 0.259 e. The van der Waals surface area contributed by atoms with Crippen molar-refractivity contribution in [2.75, 3.05) is 37.0 Å². The monoisotopic (exact) mass is 336 g/mol. The first-order valence-corrected chi connectivity index (χ1v) is 8.61. The Hall–Kier alpha value is -2.82. The van der Waals surface area contributed by atoms with Gasteiger partial charge in [-0.1, -0.05) is 12.1 Å². The average Bonchev–Trinajstić information content (AvgIpc) is 2.63. The zero-order valence-electron chi connectivity index (χ0n) is 15.2. The van der Waals surface area contributed by atoms with E-state index in [0.29, 0.717) is 16.7 Å². The van der Waals surface area contributed by atoms with E-state index in [1.54, 1.807) is 0 Å². The molecule has 3 rings (SSSR count). The van der Waals surface area contributed by atoms with Gasteiger partial charge in [0.2, 0.25) is 0 Å². The van der Waals surface area contributed by atoms with Gasteiger partial charge in [-0.15, -0.1) is 0 Å². The van der Waals surface area contributed by atoms with E-state index in [1.807, 2.05) is 61.5 Å². The van der Waals surface area contributed by atoms with E-state index in [-0.39, 0.29) is 5.56 Å². The number of fused-ring (bicyclic) bond motifs is 1. The molecule has 3 aromatic rings. The number of aromatic nitrogens is 2. The first kappa shape index (κ1) is 17.0. The van der Waals surface area contributed by atoms with Crippen LogP contribution < -0.4 is 15.4 Å². The molecule has 0 unspecified atom stereocenters. The van der Waals surface area contributed by atoms with Crippen molar-refractivity contribution in [3.8, 4) is 11.4 Å². The second-order valence-corrected chi connectivity index (χ2v) is 6.20. The molecule has 130 valence electrons. The van der Waals surface area contributed by atoms with Gasteiger partial charge in [0.15, 0.2) is 0 Å². The summed E-state index contributed by atoms with van der Waals surface area (Å²) in [7, 11) is 3.96. The fraction of sp³-hybridized carbons (Fsp3) is 0.300. The summed E-state index contributed by atoms with van der Waals surface area (Å²) in [6, 6.07) is 13.8. The largest absolute Gasteiger partial charge is 0.377 e. The first-order valence-electron chi connectivity index (χ1n) is 8.61. The normalized spacial score (nSPS) is 10.9. The average molecular weight is 336 g/mol. The van der Waals surface area contributed by atoms with E-state index in [4.69, 9.17) is 4.98 Å². The van der Waals surface area contributed by atoms with E-state index in [9.17, 15) is 4.79 Å². The van der Waals surface area contributed by atoms with E-state index in [0.717, 1.165) is 30.0 Å². The van der Waals surface area contributed by atoms with E-state index in [2.05, 4.69) is 23.7 Å². The summed E-state index contributed by atoms with van der Waals surface area (Å²) >= 11 is 0. The van der Waals surface area contributed by atoms with Crippen molar-refractivity contribution in [2.24, 2.45) is 0 Å². The van der Waals surface area contributed by atoms with Crippen molar-refractivity contribution in [2.45, 2.75) is 13.8 Å². The molecule has 0 aliphatic carbocycles. The fourth-order valence-corrected chi connectivity index (χ4v) is 3.10. The lowest BCUT2D eigenvalue weighted by Gasteiger charge is -2.21. The van der Waals surface area contributed by atoms with Crippen LogP contribution in [0.5, 0.6) is 0 Å². The predicted octanol–water partition coefficient (Wildman–Crippen LogP) is 3.50. The Morgan fingerprint density at radius 3 is 2.44 bits per heavy atom. The van der Waals surface area contributed by atoms with Gasteiger partial charge in [-0.2, -0.15) is 0 Å². The van der Waals surface area contributed by atoms with Crippen LogP contribution in [0, 0.1) is 0 Å². The molecule has 1 aromatic heterocycles. The Kier molecular flexibility index (Phi) is 4.74. The van der Waals surface area contributed by atoms with Gasteiger partial charge in [-0.25, -0.2) is 4.98 Å². The Bertz CT molecular complexity index is 942. The minimum absolute atomic E-state index is 0.109. The van der Waals surface area contributed by atoms with E-state index >= 15 is 0 Å². The number of hydrogen-bond donors (Lipinski definition) is 1. The predicted molar refractivity (Wildman–Crippen MR) is 106 cm³/mol. The molecule has 0 aliphatic rings. The number of nitrogens with one attached hydrogen (secondary N) is 1. The molecule has 5 nitrogen and oxygen atoms in total. The molecule has 0 saturated heterocycles. The minimum Gasteiger partial charge on any atom is -0.377 e. The zero-order valence-corrected chi connectivity index (χ0v) is 15.2. The van der Waals surface area contributed by atoms with Crippen LogP contribution in [0.2, 0.25) is 0 Å². The van der Waals surface area contributed by atoms with Gasteiger partial charge in [-0.05, 0) is 44.2 Å². The molecule has 0 saturated carbocycles. The number of hydrogen-bond acceptors (Lipinski definition) is 4. The second-order valence-electron chi connectivity index (χ2n) is 6.20. The van der Waals surface area contributed by atoms with Gasteiger partial charge in [0, 0.05) is 44.1 Å². The first-order chi connectivity index (χ1) is 12.0. The van der Waals surface area contributed by atoms with Gasteiger partial charge in [0.25, 0.3) is 5.56 Å². The van der Waals surface area contributed by atoms with Crippen LogP contribution in [0.25, 0.3) is 22.3 Å². The molecule has 0 fully saturated rings. The SMILES string of the molecule is CCN(CC)c1ccc2nc(-c3ccccc3N(C)C)[nH]c(=O)c2c1. The number of aromatic amines is 1. The van der Waals surface area contributed by atoms with Crippen LogP contribution in [0.15, 0.2) is 47.3 Å². The number of anilines is 2. The Morgan fingerprint density at radius 1 is 1.04 bits per heavy atom. The van der Waals surface area contributed by atoms with Crippen molar-refractivity contribution >= 4 is 22.3 Å². The molecule has 1 N–H and O–H groups in total. The lowest BCUT2D eigenvalue weighted by molar-refractivity contribution is 0.867. The third-order valence-electron chi connectivity index (χ3n) is 4.46. The van der Waals surface area contributed by atoms with Crippen LogP contribution in [0.3, 0.4) is 0 Å². The number of rotatable bonds is 5. The van der Waals surface area contributed by atoms with Crippen molar-refractivity contribution in [3.63, 3.8) is 0 Å². The highest BCUT2D eigenvalue weighted by atomic mass is 16.1. The number of benzene rings is 2. The second kappa shape index (κ2) is 6.97. The van der Waals surface area contributed by atoms with Gasteiger partial charge in [0.1, 0.15) is 5.82 Å². The molecule has 2 aromatic carbocycles. The van der Waals surface area contributed by atoms with Gasteiger partial charge >= 0.3 is 0 Å². The summed E-state index contributed by atoms with van der Waals surface area (Å²) in [4.78, 5) is 24.6. The van der Waals surface area contributed by atoms with Crippen LogP contribution in [0.4, 0.5) is 11.4 Å². The number of nitrogens with zero attached hydrogens (tertiary/aromatic N) is 3. The number of para-hydroxylation sites is 1. The molecule has 0 aliphatic heterocycles. The Labute approximate surface area is 147 Å². The minimum atomic E-state index is -0.109. The lowest BCUT2D eigenvalue weighted by atomic mass is 10.1. The summed E-state index contributed by atoms with van der Waals surface area (Å²) in [5, 5.41) is 0.621. The molecular weight excluding hydrogens is 312 g/mol. The zero-order chi connectivity index (χ0) is 18.0. The van der Waals surface area contributed by atoms with Crippen molar-refractivity contribution in [1.82, 2.24) is 9.97 Å². The van der Waals surface area contributed by atoms with Gasteiger partial charge in [0.05, 0.1) is 10.9 Å². The Balaban J connectivity index is 2.16. The highest BCUT2D eigenvalue weighted by molar-refractivity contribution is 5.84. The topological polar surface area (TPSA) is 52.2 Å². The van der Waals surface area contributed by atoms with Crippen molar-refractivity contribution in [1.29, 1.82) is 0 Å². The Morgan fingerprint density at radius 2 is 1.76 bits per heavy atom. The van der Waals surface area contributed by atoms with Crippen molar-refractivity contribution in [3.05, 3.63) is 52.8 Å². The molecule has 0 atom stereocenters. The highest BCUT2D eigenvalue weighted by Gasteiger charge is 2.12. The highest BCUT2D eigenvalue weighted by Crippen LogP contribution is 2.27. The fourth-order valence-electron chi connectivity index (χ4n) is 3.10. The summed E-state index contributed by atoms with van der Waals surface area (Å²) in [6.45, 7) is 6.03. The van der Waals surface area contributed by atoms with Gasteiger partial charge in [-0.3, -0.25) is 4.79 Å². The van der Waals surface area contributed by atoms with Crippen molar-refractivity contribution < 1.29 is 0 Å². The molecule has 5 heteroatoms. The summed E-state index contributed by atoms with van der Waals surface area (Å²) in [5.74, 6) is 0.595. The third kappa shape index (κ3) is 3.22. The summed E-state index contributed by atoms with van der Waals surface area (Å²) < 4.78 is 0. The maximum atomic E-state index is 12.7. The van der Waals surface area contributed by atoms with Crippen LogP contribution in [0.1, 0.15) is 13.8 Å². The quantitative estimate of drug-likeness (QED) is 0.775. The lowest BCUT2D eigenvalue weighted by Crippen LogP contribution is -2.22. The summed E-state index contributed by atoms with van der Waals surface area (Å²) in [6.07, 6.45) is 0. The maximum absolute atomic E-state index is 12.7. The number of H-pyrrole nitrogens is 1. The van der Waals surface area contributed by atoms with Gasteiger partial charge < -0.3 is 14.8 Å². The van der Waals surface area contributed by atoms with E-state index < -0.39 is 0 Å². The molecule has 25 heavy (non-hydrogen) atoms. The standard InChI is InChI=1S/C20H24N4O/c1-5-24(6-2)14-11-12-17-16(13-14)20(25)22-19(21-17)15-9-7-8-10-18(15)23(3)4/h7-13H,5-6H2,1-4H3,(H,21,22,25). The molecule has 0 radical (unpaired) electrons. The molecular formula is C20H24N4O. The molecule has 0 amide bonds. The third-order valence-corrected chi connectivity index (χ3v) is 4.46. The molecule has 0 bridgehead atoms. The summed E-state index contributed by atoms with van der Waals surface area (Å²) in [5.41, 5.74) is 3.58. The molecule has 0 spiro atoms. The van der Waals surface area contributed by atoms with Crippen LogP contribution in [-0.2, 0) is 0 Å². The maximum Gasteiger partial charge on any atom is 0.259 e. The van der Waals surface area contributed by atoms with Crippen LogP contribution in [-0.4, -0.2) is 37.2 Å². The molecule has 1 heterocycles. The van der Waals surface area contributed by atoms with E-state index in [1.165, 1.54) is 0 Å². The van der Waals surface area contributed by atoms with Crippen LogP contribution >= 0.6 is 0 Å².